The number of rotatable bonds is 12. The van der Waals surface area contributed by atoms with Crippen LogP contribution in [0.5, 0.6) is 0 Å². The topological polar surface area (TPSA) is 63.0 Å². The Labute approximate surface area is 174 Å². The van der Waals surface area contributed by atoms with Gasteiger partial charge in [0, 0.05) is 25.1 Å². The second-order valence-corrected chi connectivity index (χ2v) is 8.43. The van der Waals surface area contributed by atoms with Gasteiger partial charge in [-0.1, -0.05) is 26.7 Å². The molecule has 6 heteroatoms. The summed E-state index contributed by atoms with van der Waals surface area (Å²) in [7, 11) is 0. The van der Waals surface area contributed by atoms with Crippen LogP contribution in [0.25, 0.3) is 0 Å². The van der Waals surface area contributed by atoms with Crippen LogP contribution in [0.3, 0.4) is 0 Å². The lowest BCUT2D eigenvalue weighted by molar-refractivity contribution is -0.145. The molecule has 1 saturated heterocycles. The predicted molar refractivity (Wildman–Crippen MR) is 111 cm³/mol. The molecule has 1 saturated carbocycles. The number of unbranched alkanes of at least 4 members (excludes halogenated alkanes) is 1. The maximum atomic E-state index is 13.3. The number of carbonyl (C=O) groups is 2. The van der Waals surface area contributed by atoms with E-state index in [9.17, 15) is 9.59 Å². The fourth-order valence-corrected chi connectivity index (χ4v) is 4.09. The van der Waals surface area contributed by atoms with Crippen LogP contribution in [-0.2, 0) is 20.9 Å². The first-order valence-electron chi connectivity index (χ1n) is 11.3. The van der Waals surface area contributed by atoms with Crippen molar-refractivity contribution < 1.29 is 18.7 Å². The van der Waals surface area contributed by atoms with Crippen molar-refractivity contribution in [3.8, 4) is 0 Å². The summed E-state index contributed by atoms with van der Waals surface area (Å²) in [6.07, 6.45) is 9.62. The molecule has 2 fully saturated rings. The molecule has 29 heavy (non-hydrogen) atoms. The summed E-state index contributed by atoms with van der Waals surface area (Å²) in [6, 6.07) is 3.96. The zero-order chi connectivity index (χ0) is 20.6. The molecule has 1 aromatic heterocycles. The van der Waals surface area contributed by atoms with Crippen molar-refractivity contribution in [1.82, 2.24) is 9.80 Å². The third-order valence-corrected chi connectivity index (χ3v) is 6.05. The highest BCUT2D eigenvalue weighted by molar-refractivity contribution is 5.86. The van der Waals surface area contributed by atoms with E-state index < -0.39 is 0 Å². The van der Waals surface area contributed by atoms with Crippen LogP contribution in [0.15, 0.2) is 22.8 Å². The molecule has 0 bridgehead atoms. The van der Waals surface area contributed by atoms with E-state index in [1.807, 2.05) is 21.9 Å². The Bertz CT molecular complexity index is 635. The van der Waals surface area contributed by atoms with Gasteiger partial charge in [0.15, 0.2) is 0 Å². The second-order valence-electron chi connectivity index (χ2n) is 8.43. The minimum atomic E-state index is -0.0116. The molecule has 2 atom stereocenters. The summed E-state index contributed by atoms with van der Waals surface area (Å²) in [5.41, 5.74) is 0. The maximum absolute atomic E-state index is 13.3. The minimum Gasteiger partial charge on any atom is -0.467 e. The van der Waals surface area contributed by atoms with Crippen molar-refractivity contribution in [2.24, 2.45) is 5.92 Å². The number of hydrogen-bond donors (Lipinski definition) is 0. The Morgan fingerprint density at radius 3 is 2.66 bits per heavy atom. The predicted octanol–water partition coefficient (Wildman–Crippen LogP) is 3.99. The monoisotopic (exact) mass is 404 g/mol. The maximum Gasteiger partial charge on any atom is 0.242 e. The van der Waals surface area contributed by atoms with Crippen LogP contribution >= 0.6 is 0 Å². The standard InChI is InChI=1S/C23H36N2O4/c1-3-5-8-18(4-2)23(27)25(19-11-12-19)17-22(26)24(15-20-9-6-13-28-20)16-21-10-7-14-29-21/h6,9,13,18-19,21H,3-5,7-8,10-12,14-17H2,1-2H3. The lowest BCUT2D eigenvalue weighted by atomic mass is 9.97. The molecule has 162 valence electrons. The molecule has 0 aromatic carbocycles. The van der Waals surface area contributed by atoms with Gasteiger partial charge >= 0.3 is 0 Å². The average molecular weight is 405 g/mol. The highest BCUT2D eigenvalue weighted by Crippen LogP contribution is 2.30. The smallest absolute Gasteiger partial charge is 0.242 e. The van der Waals surface area contributed by atoms with Crippen LogP contribution in [0.1, 0.15) is 71.0 Å². The van der Waals surface area contributed by atoms with Gasteiger partial charge in [-0.2, -0.15) is 0 Å². The number of furan rings is 1. The fraction of sp³-hybridized carbons (Fsp3) is 0.739. The third-order valence-electron chi connectivity index (χ3n) is 6.05. The minimum absolute atomic E-state index is 0.0116. The van der Waals surface area contributed by atoms with Crippen molar-refractivity contribution >= 4 is 11.8 Å². The van der Waals surface area contributed by atoms with Gasteiger partial charge in [-0.15, -0.1) is 0 Å². The van der Waals surface area contributed by atoms with E-state index in [1.54, 1.807) is 6.26 Å². The SMILES string of the molecule is CCCCC(CC)C(=O)N(CC(=O)N(Cc1ccco1)CC1CCCO1)C1CC1. The molecule has 0 N–H and O–H groups in total. The summed E-state index contributed by atoms with van der Waals surface area (Å²) in [5, 5.41) is 0. The fourth-order valence-electron chi connectivity index (χ4n) is 4.09. The Balaban J connectivity index is 1.66. The summed E-state index contributed by atoms with van der Waals surface area (Å²) < 4.78 is 11.2. The van der Waals surface area contributed by atoms with Gasteiger partial charge in [0.2, 0.25) is 11.8 Å². The zero-order valence-corrected chi connectivity index (χ0v) is 18.0. The van der Waals surface area contributed by atoms with Crippen molar-refractivity contribution in [2.45, 2.75) is 83.9 Å². The van der Waals surface area contributed by atoms with Gasteiger partial charge in [0.1, 0.15) is 12.3 Å². The van der Waals surface area contributed by atoms with Crippen molar-refractivity contribution in [1.29, 1.82) is 0 Å². The van der Waals surface area contributed by atoms with Gasteiger partial charge in [0.05, 0.1) is 18.9 Å². The molecule has 2 unspecified atom stereocenters. The van der Waals surface area contributed by atoms with E-state index >= 15 is 0 Å². The lowest BCUT2D eigenvalue weighted by Crippen LogP contribution is -2.47. The van der Waals surface area contributed by atoms with E-state index in [4.69, 9.17) is 9.15 Å². The Morgan fingerprint density at radius 1 is 1.24 bits per heavy atom. The Hall–Kier alpha value is -1.82. The summed E-state index contributed by atoms with van der Waals surface area (Å²) in [4.78, 5) is 30.1. The highest BCUT2D eigenvalue weighted by Gasteiger charge is 2.37. The number of amides is 2. The normalized spacial score (nSPS) is 19.9. The molecule has 6 nitrogen and oxygen atoms in total. The Kier molecular flexibility index (Phi) is 8.16. The number of ether oxygens (including phenoxy) is 1. The van der Waals surface area contributed by atoms with E-state index in [0.717, 1.165) is 63.7 Å². The van der Waals surface area contributed by atoms with Crippen LogP contribution in [0.4, 0.5) is 0 Å². The van der Waals surface area contributed by atoms with Gasteiger partial charge < -0.3 is 19.0 Å². The van der Waals surface area contributed by atoms with Gasteiger partial charge in [-0.25, -0.2) is 0 Å². The first-order chi connectivity index (χ1) is 14.1. The molecular weight excluding hydrogens is 368 g/mol. The number of carbonyl (C=O) groups excluding carboxylic acids is 2. The van der Waals surface area contributed by atoms with E-state index in [2.05, 4.69) is 13.8 Å². The molecule has 3 rings (SSSR count). The molecule has 2 heterocycles. The number of hydrogen-bond acceptors (Lipinski definition) is 4. The van der Waals surface area contributed by atoms with E-state index in [1.165, 1.54) is 0 Å². The number of nitrogens with zero attached hydrogens (tertiary/aromatic N) is 2. The lowest BCUT2D eigenvalue weighted by Gasteiger charge is -2.30. The van der Waals surface area contributed by atoms with Gasteiger partial charge in [-0.3, -0.25) is 9.59 Å². The summed E-state index contributed by atoms with van der Waals surface area (Å²) >= 11 is 0. The first-order valence-corrected chi connectivity index (χ1v) is 11.3. The molecule has 2 aliphatic rings. The molecule has 0 radical (unpaired) electrons. The first kappa shape index (κ1) is 21.9. The van der Waals surface area contributed by atoms with Crippen LogP contribution in [-0.4, -0.2) is 53.5 Å². The zero-order valence-electron chi connectivity index (χ0n) is 18.0. The highest BCUT2D eigenvalue weighted by atomic mass is 16.5. The average Bonchev–Trinajstić information content (AvgIpc) is 3.18. The van der Waals surface area contributed by atoms with Crippen LogP contribution < -0.4 is 0 Å². The third kappa shape index (κ3) is 6.33. The molecular formula is C23H36N2O4. The van der Waals surface area contributed by atoms with E-state index in [0.29, 0.717) is 13.1 Å². The van der Waals surface area contributed by atoms with Crippen LogP contribution in [0.2, 0.25) is 0 Å². The van der Waals surface area contributed by atoms with Gasteiger partial charge in [-0.05, 0) is 50.7 Å². The molecule has 0 spiro atoms. The van der Waals surface area contributed by atoms with E-state index in [-0.39, 0.29) is 36.4 Å². The van der Waals surface area contributed by atoms with Crippen molar-refractivity contribution in [3.05, 3.63) is 24.2 Å². The molecule has 1 aromatic rings. The summed E-state index contributed by atoms with van der Waals surface area (Å²) in [5.74, 6) is 0.935. The second kappa shape index (κ2) is 10.8. The Morgan fingerprint density at radius 2 is 2.07 bits per heavy atom. The largest absolute Gasteiger partial charge is 0.467 e. The molecule has 1 aliphatic carbocycles. The van der Waals surface area contributed by atoms with Gasteiger partial charge in [0.25, 0.3) is 0 Å². The van der Waals surface area contributed by atoms with Crippen LogP contribution in [0, 0.1) is 5.92 Å². The van der Waals surface area contributed by atoms with Crippen molar-refractivity contribution in [2.75, 3.05) is 19.7 Å². The summed E-state index contributed by atoms with van der Waals surface area (Å²) in [6.45, 7) is 6.13. The molecule has 2 amide bonds. The quantitative estimate of drug-likeness (QED) is 0.528. The molecule has 1 aliphatic heterocycles. The van der Waals surface area contributed by atoms with Crippen molar-refractivity contribution in [3.63, 3.8) is 0 Å².